The Labute approximate surface area is 146 Å². The SMILES string of the molecule is CC(C)(C)[C@H](O)c1cccc(C2C=CCC([C@@H](O)C(C)(C)C)N2)n1. The van der Waals surface area contributed by atoms with Crippen LogP contribution < -0.4 is 5.32 Å². The van der Waals surface area contributed by atoms with Crippen molar-refractivity contribution >= 4 is 0 Å². The van der Waals surface area contributed by atoms with E-state index in [1.165, 1.54) is 0 Å². The van der Waals surface area contributed by atoms with E-state index in [0.717, 1.165) is 12.1 Å². The lowest BCUT2D eigenvalue weighted by molar-refractivity contribution is 0.0256. The van der Waals surface area contributed by atoms with Gasteiger partial charge in [-0.15, -0.1) is 0 Å². The minimum absolute atomic E-state index is 0.00186. The molecular formula is C20H32N2O2. The molecule has 0 spiro atoms. The average Bonchev–Trinajstić information content (AvgIpc) is 2.52. The number of hydrogen-bond acceptors (Lipinski definition) is 4. The molecule has 1 aliphatic rings. The molecule has 2 rings (SSSR count). The van der Waals surface area contributed by atoms with Crippen molar-refractivity contribution in [1.29, 1.82) is 0 Å². The van der Waals surface area contributed by atoms with Gasteiger partial charge in [0.2, 0.25) is 0 Å². The molecule has 0 bridgehead atoms. The van der Waals surface area contributed by atoms with Crippen LogP contribution in [0.4, 0.5) is 0 Å². The highest BCUT2D eigenvalue weighted by molar-refractivity contribution is 5.22. The van der Waals surface area contributed by atoms with E-state index < -0.39 is 12.2 Å². The number of rotatable bonds is 3. The van der Waals surface area contributed by atoms with Gasteiger partial charge in [0.05, 0.1) is 23.5 Å². The predicted molar refractivity (Wildman–Crippen MR) is 97.5 cm³/mol. The van der Waals surface area contributed by atoms with E-state index >= 15 is 0 Å². The second kappa shape index (κ2) is 6.95. The molecule has 0 saturated heterocycles. The predicted octanol–water partition coefficient (Wildman–Crippen LogP) is 3.53. The lowest BCUT2D eigenvalue weighted by atomic mass is 9.82. The quantitative estimate of drug-likeness (QED) is 0.741. The van der Waals surface area contributed by atoms with Crippen LogP contribution >= 0.6 is 0 Å². The second-order valence-electron chi connectivity index (χ2n) is 8.98. The van der Waals surface area contributed by atoms with Crippen LogP contribution in [-0.4, -0.2) is 27.3 Å². The molecular weight excluding hydrogens is 300 g/mol. The smallest absolute Gasteiger partial charge is 0.101 e. The Hall–Kier alpha value is -1.23. The summed E-state index contributed by atoms with van der Waals surface area (Å²) in [6.07, 6.45) is 3.95. The maximum absolute atomic E-state index is 10.6. The monoisotopic (exact) mass is 332 g/mol. The Kier molecular flexibility index (Phi) is 5.53. The van der Waals surface area contributed by atoms with Crippen LogP contribution in [0, 0.1) is 10.8 Å². The Bertz CT molecular complexity index is 584. The third kappa shape index (κ3) is 4.44. The zero-order valence-electron chi connectivity index (χ0n) is 15.7. The van der Waals surface area contributed by atoms with Crippen LogP contribution in [0.3, 0.4) is 0 Å². The van der Waals surface area contributed by atoms with Crippen LogP contribution in [0.2, 0.25) is 0 Å². The standard InChI is InChI=1S/C20H32N2O2/c1-19(2,3)17(23)15-11-7-9-13(21-15)14-10-8-12-16(22-14)18(24)20(4,5)6/h7-11,14,16-18,22-24H,12H2,1-6H3/t14?,16?,17-,18-/m1/s1. The molecule has 0 aliphatic carbocycles. The fraction of sp³-hybridized carbons (Fsp3) is 0.650. The van der Waals surface area contributed by atoms with E-state index in [1.54, 1.807) is 0 Å². The van der Waals surface area contributed by atoms with Gasteiger partial charge in [-0.25, -0.2) is 0 Å². The van der Waals surface area contributed by atoms with Gasteiger partial charge in [-0.3, -0.25) is 10.3 Å². The van der Waals surface area contributed by atoms with Gasteiger partial charge in [0, 0.05) is 6.04 Å². The summed E-state index contributed by atoms with van der Waals surface area (Å²) in [6, 6.07) is 5.72. The zero-order chi connectivity index (χ0) is 18.1. The Morgan fingerprint density at radius 3 is 2.33 bits per heavy atom. The molecule has 4 heteroatoms. The maximum Gasteiger partial charge on any atom is 0.101 e. The van der Waals surface area contributed by atoms with Crippen LogP contribution in [-0.2, 0) is 0 Å². The Balaban J connectivity index is 2.20. The number of pyridine rings is 1. The van der Waals surface area contributed by atoms with Crippen molar-refractivity contribution in [3.05, 3.63) is 41.7 Å². The number of nitrogens with zero attached hydrogens (tertiary/aromatic N) is 1. The van der Waals surface area contributed by atoms with E-state index in [1.807, 2.05) is 59.7 Å². The summed E-state index contributed by atoms with van der Waals surface area (Å²) >= 11 is 0. The summed E-state index contributed by atoms with van der Waals surface area (Å²) in [5.41, 5.74) is 1.13. The van der Waals surface area contributed by atoms with E-state index in [2.05, 4.69) is 22.5 Å². The van der Waals surface area contributed by atoms with E-state index in [4.69, 9.17) is 0 Å². The van der Waals surface area contributed by atoms with Gasteiger partial charge in [-0.1, -0.05) is 59.8 Å². The number of aromatic nitrogens is 1. The van der Waals surface area contributed by atoms with Crippen molar-refractivity contribution in [1.82, 2.24) is 10.3 Å². The summed E-state index contributed by atoms with van der Waals surface area (Å²) in [7, 11) is 0. The van der Waals surface area contributed by atoms with Crippen molar-refractivity contribution in [2.24, 2.45) is 10.8 Å². The lowest BCUT2D eigenvalue weighted by Gasteiger charge is -2.37. The molecule has 2 unspecified atom stereocenters. The van der Waals surface area contributed by atoms with Crippen molar-refractivity contribution in [2.45, 2.75) is 72.3 Å². The number of nitrogens with one attached hydrogen (secondary N) is 1. The summed E-state index contributed by atoms with van der Waals surface area (Å²) < 4.78 is 0. The molecule has 4 nitrogen and oxygen atoms in total. The summed E-state index contributed by atoms with van der Waals surface area (Å²) in [5.74, 6) is 0. The van der Waals surface area contributed by atoms with Gasteiger partial charge in [0.1, 0.15) is 6.10 Å². The first kappa shape index (κ1) is 19.1. The number of aliphatic hydroxyl groups excluding tert-OH is 2. The first-order valence-corrected chi connectivity index (χ1v) is 8.76. The second-order valence-corrected chi connectivity index (χ2v) is 8.98. The van der Waals surface area contributed by atoms with Crippen LogP contribution in [0.25, 0.3) is 0 Å². The Morgan fingerprint density at radius 1 is 1.08 bits per heavy atom. The maximum atomic E-state index is 10.6. The van der Waals surface area contributed by atoms with Gasteiger partial charge in [0.25, 0.3) is 0 Å². The summed E-state index contributed by atoms with van der Waals surface area (Å²) in [5, 5.41) is 24.6. The third-order valence-corrected chi connectivity index (χ3v) is 4.59. The van der Waals surface area contributed by atoms with E-state index in [9.17, 15) is 10.2 Å². The normalized spacial score (nSPS) is 24.7. The highest BCUT2D eigenvalue weighted by Crippen LogP contribution is 2.32. The molecule has 134 valence electrons. The Morgan fingerprint density at radius 2 is 1.75 bits per heavy atom. The van der Waals surface area contributed by atoms with Crippen LogP contribution in [0.1, 0.15) is 71.5 Å². The highest BCUT2D eigenvalue weighted by Gasteiger charge is 2.33. The van der Waals surface area contributed by atoms with Crippen LogP contribution in [0.15, 0.2) is 30.4 Å². The van der Waals surface area contributed by atoms with Crippen molar-refractivity contribution < 1.29 is 10.2 Å². The lowest BCUT2D eigenvalue weighted by Crippen LogP contribution is -2.48. The first-order valence-electron chi connectivity index (χ1n) is 8.76. The molecule has 4 atom stereocenters. The first-order chi connectivity index (χ1) is 11.0. The number of hydrogen-bond donors (Lipinski definition) is 3. The minimum Gasteiger partial charge on any atom is -0.391 e. The molecule has 1 aromatic rings. The fourth-order valence-corrected chi connectivity index (χ4v) is 2.96. The molecule has 1 aromatic heterocycles. The van der Waals surface area contributed by atoms with Gasteiger partial charge in [0.15, 0.2) is 0 Å². The average molecular weight is 332 g/mol. The molecule has 2 heterocycles. The fourth-order valence-electron chi connectivity index (χ4n) is 2.96. The highest BCUT2D eigenvalue weighted by atomic mass is 16.3. The molecule has 0 amide bonds. The zero-order valence-corrected chi connectivity index (χ0v) is 15.7. The molecule has 0 fully saturated rings. The van der Waals surface area contributed by atoms with Crippen molar-refractivity contribution in [3.63, 3.8) is 0 Å². The van der Waals surface area contributed by atoms with E-state index in [-0.39, 0.29) is 22.9 Å². The molecule has 0 saturated carbocycles. The molecule has 1 aliphatic heterocycles. The van der Waals surface area contributed by atoms with Gasteiger partial charge < -0.3 is 10.2 Å². The number of aliphatic hydroxyl groups is 2. The summed E-state index contributed by atoms with van der Waals surface area (Å²) in [4.78, 5) is 4.67. The van der Waals surface area contributed by atoms with Gasteiger partial charge in [-0.2, -0.15) is 0 Å². The van der Waals surface area contributed by atoms with Gasteiger partial charge >= 0.3 is 0 Å². The minimum atomic E-state index is -0.610. The third-order valence-electron chi connectivity index (χ3n) is 4.59. The van der Waals surface area contributed by atoms with Crippen molar-refractivity contribution in [3.8, 4) is 0 Å². The van der Waals surface area contributed by atoms with E-state index in [0.29, 0.717) is 5.69 Å². The molecule has 0 radical (unpaired) electrons. The van der Waals surface area contributed by atoms with Gasteiger partial charge in [-0.05, 0) is 29.4 Å². The summed E-state index contributed by atoms with van der Waals surface area (Å²) in [6.45, 7) is 12.1. The molecule has 24 heavy (non-hydrogen) atoms. The molecule has 3 N–H and O–H groups in total. The van der Waals surface area contributed by atoms with Crippen molar-refractivity contribution in [2.75, 3.05) is 0 Å². The largest absolute Gasteiger partial charge is 0.391 e. The topological polar surface area (TPSA) is 65.4 Å². The molecule has 0 aromatic carbocycles. The van der Waals surface area contributed by atoms with Crippen LogP contribution in [0.5, 0.6) is 0 Å².